The molecule has 26 heavy (non-hydrogen) atoms. The van der Waals surface area contributed by atoms with E-state index in [0.29, 0.717) is 5.13 Å². The number of hydrogen-bond acceptors (Lipinski definition) is 5. The van der Waals surface area contributed by atoms with Crippen LogP contribution in [0, 0.1) is 6.92 Å². The Labute approximate surface area is 162 Å². The Hall–Kier alpha value is -2.18. The number of amides is 1. The molecule has 1 aromatic heterocycles. The molecule has 3 aromatic rings. The monoisotopic (exact) mass is 383 g/mol. The van der Waals surface area contributed by atoms with Crippen molar-refractivity contribution >= 4 is 34.1 Å². The third-order valence-electron chi connectivity index (χ3n) is 4.05. The quantitative estimate of drug-likeness (QED) is 0.446. The zero-order valence-electron chi connectivity index (χ0n) is 14.8. The summed E-state index contributed by atoms with van der Waals surface area (Å²) in [5.74, 6) is 0.624. The number of carbonyl (C=O) groups excluding carboxylic acids is 1. The molecule has 6 heteroatoms. The summed E-state index contributed by atoms with van der Waals surface area (Å²) in [5.41, 5.74) is 3.52. The first-order valence-corrected chi connectivity index (χ1v) is 10.3. The van der Waals surface area contributed by atoms with Crippen LogP contribution in [0.15, 0.2) is 58.9 Å². The van der Waals surface area contributed by atoms with Gasteiger partial charge in [0.1, 0.15) is 0 Å². The molecule has 0 saturated heterocycles. The smallest absolute Gasteiger partial charge is 0.233 e. The maximum Gasteiger partial charge on any atom is 0.233 e. The highest BCUT2D eigenvalue weighted by atomic mass is 32.2. The summed E-state index contributed by atoms with van der Waals surface area (Å²) in [6.45, 7) is 4.09. The first-order valence-electron chi connectivity index (χ1n) is 8.53. The SMILES string of the molecule is CC[C@H](C(=O)Nc1nnc(SCc2ccc(C)cc2)s1)c1ccccc1. The van der Waals surface area contributed by atoms with E-state index in [0.717, 1.165) is 22.1 Å². The van der Waals surface area contributed by atoms with Crippen LogP contribution in [0.5, 0.6) is 0 Å². The van der Waals surface area contributed by atoms with Crippen molar-refractivity contribution in [2.75, 3.05) is 5.32 Å². The van der Waals surface area contributed by atoms with Crippen LogP contribution >= 0.6 is 23.1 Å². The molecule has 0 saturated carbocycles. The molecule has 0 fully saturated rings. The normalized spacial score (nSPS) is 11.9. The van der Waals surface area contributed by atoms with Crippen LogP contribution in [-0.2, 0) is 10.5 Å². The fourth-order valence-corrected chi connectivity index (χ4v) is 4.31. The van der Waals surface area contributed by atoms with Gasteiger partial charge in [-0.1, -0.05) is 90.2 Å². The molecule has 1 atom stereocenters. The molecule has 2 aromatic carbocycles. The second-order valence-electron chi connectivity index (χ2n) is 6.01. The van der Waals surface area contributed by atoms with Crippen molar-refractivity contribution in [3.05, 3.63) is 71.3 Å². The van der Waals surface area contributed by atoms with E-state index in [-0.39, 0.29) is 11.8 Å². The Bertz CT molecular complexity index is 847. The number of rotatable bonds is 7. The number of carbonyl (C=O) groups is 1. The Morgan fingerprint density at radius 3 is 2.54 bits per heavy atom. The second kappa shape index (κ2) is 8.96. The molecule has 0 radical (unpaired) electrons. The van der Waals surface area contributed by atoms with E-state index >= 15 is 0 Å². The highest BCUT2D eigenvalue weighted by molar-refractivity contribution is 8.00. The van der Waals surface area contributed by atoms with Gasteiger partial charge in [0.05, 0.1) is 5.92 Å². The molecule has 0 bridgehead atoms. The van der Waals surface area contributed by atoms with Crippen LogP contribution in [0.4, 0.5) is 5.13 Å². The summed E-state index contributed by atoms with van der Waals surface area (Å²) in [4.78, 5) is 12.6. The van der Waals surface area contributed by atoms with E-state index in [2.05, 4.69) is 46.7 Å². The van der Waals surface area contributed by atoms with Crippen LogP contribution in [0.2, 0.25) is 0 Å². The molecule has 4 nitrogen and oxygen atoms in total. The fraction of sp³-hybridized carbons (Fsp3) is 0.250. The highest BCUT2D eigenvalue weighted by Gasteiger charge is 2.20. The average Bonchev–Trinajstić information content (AvgIpc) is 3.10. The van der Waals surface area contributed by atoms with E-state index < -0.39 is 0 Å². The first-order chi connectivity index (χ1) is 12.7. The van der Waals surface area contributed by atoms with Crippen molar-refractivity contribution in [3.8, 4) is 0 Å². The molecule has 0 aliphatic heterocycles. The van der Waals surface area contributed by atoms with Gasteiger partial charge < -0.3 is 0 Å². The minimum Gasteiger partial charge on any atom is -0.300 e. The summed E-state index contributed by atoms with van der Waals surface area (Å²) in [6.07, 6.45) is 0.740. The number of hydrogen-bond donors (Lipinski definition) is 1. The summed E-state index contributed by atoms with van der Waals surface area (Å²) >= 11 is 3.05. The van der Waals surface area contributed by atoms with Gasteiger partial charge in [0.15, 0.2) is 4.34 Å². The van der Waals surface area contributed by atoms with Crippen LogP contribution in [0.3, 0.4) is 0 Å². The highest BCUT2D eigenvalue weighted by Crippen LogP contribution is 2.29. The molecule has 0 aliphatic carbocycles. The predicted molar refractivity (Wildman–Crippen MR) is 109 cm³/mol. The fourth-order valence-electron chi connectivity index (χ4n) is 2.60. The lowest BCUT2D eigenvalue weighted by molar-refractivity contribution is -0.117. The predicted octanol–water partition coefficient (Wildman–Crippen LogP) is 5.27. The summed E-state index contributed by atoms with van der Waals surface area (Å²) in [7, 11) is 0. The number of anilines is 1. The number of benzene rings is 2. The molecule has 1 heterocycles. The van der Waals surface area contributed by atoms with Gasteiger partial charge in [0.25, 0.3) is 0 Å². The third kappa shape index (κ3) is 4.93. The van der Waals surface area contributed by atoms with Crippen LogP contribution in [-0.4, -0.2) is 16.1 Å². The second-order valence-corrected chi connectivity index (χ2v) is 8.21. The topological polar surface area (TPSA) is 54.9 Å². The third-order valence-corrected chi connectivity index (χ3v) is 6.09. The van der Waals surface area contributed by atoms with Gasteiger partial charge in [-0.3, -0.25) is 10.1 Å². The van der Waals surface area contributed by atoms with E-state index in [4.69, 9.17) is 0 Å². The lowest BCUT2D eigenvalue weighted by Crippen LogP contribution is -2.20. The van der Waals surface area contributed by atoms with Crippen molar-refractivity contribution in [1.29, 1.82) is 0 Å². The zero-order valence-corrected chi connectivity index (χ0v) is 16.4. The maximum absolute atomic E-state index is 12.6. The Kier molecular flexibility index (Phi) is 6.41. The minimum absolute atomic E-state index is 0.0371. The number of aromatic nitrogens is 2. The molecule has 0 unspecified atom stereocenters. The van der Waals surface area contributed by atoms with Gasteiger partial charge in [-0.05, 0) is 24.5 Å². The van der Waals surface area contributed by atoms with Crippen molar-refractivity contribution in [1.82, 2.24) is 10.2 Å². The van der Waals surface area contributed by atoms with E-state index in [1.165, 1.54) is 22.5 Å². The lowest BCUT2D eigenvalue weighted by atomic mass is 9.96. The molecule has 0 aliphatic rings. The van der Waals surface area contributed by atoms with Crippen LogP contribution in [0.25, 0.3) is 0 Å². The van der Waals surface area contributed by atoms with Gasteiger partial charge in [0.2, 0.25) is 11.0 Å². The summed E-state index contributed by atoms with van der Waals surface area (Å²) in [6, 6.07) is 18.3. The van der Waals surface area contributed by atoms with E-state index in [1.54, 1.807) is 11.8 Å². The van der Waals surface area contributed by atoms with Gasteiger partial charge in [-0.25, -0.2) is 0 Å². The molecule has 1 N–H and O–H groups in total. The molecule has 1 amide bonds. The van der Waals surface area contributed by atoms with Crippen molar-refractivity contribution in [2.45, 2.75) is 36.3 Å². The van der Waals surface area contributed by atoms with Crippen LogP contribution in [0.1, 0.15) is 36.0 Å². The first kappa shape index (κ1) is 18.6. The average molecular weight is 384 g/mol. The summed E-state index contributed by atoms with van der Waals surface area (Å²) < 4.78 is 0.855. The summed E-state index contributed by atoms with van der Waals surface area (Å²) in [5, 5.41) is 11.7. The molecular formula is C20H21N3OS2. The molecule has 3 rings (SSSR count). The zero-order chi connectivity index (χ0) is 18.4. The number of nitrogens with one attached hydrogen (secondary N) is 1. The van der Waals surface area contributed by atoms with Crippen LogP contribution < -0.4 is 5.32 Å². The maximum atomic E-state index is 12.6. The largest absolute Gasteiger partial charge is 0.300 e. The van der Waals surface area contributed by atoms with Gasteiger partial charge in [0, 0.05) is 5.75 Å². The van der Waals surface area contributed by atoms with Gasteiger partial charge in [-0.2, -0.15) is 0 Å². The molecular weight excluding hydrogens is 362 g/mol. The van der Waals surface area contributed by atoms with E-state index in [1.807, 2.05) is 37.3 Å². The molecule has 0 spiro atoms. The Morgan fingerprint density at radius 1 is 1.12 bits per heavy atom. The van der Waals surface area contributed by atoms with Crippen molar-refractivity contribution in [2.24, 2.45) is 0 Å². The van der Waals surface area contributed by atoms with Gasteiger partial charge >= 0.3 is 0 Å². The number of aryl methyl sites for hydroxylation is 1. The number of thioether (sulfide) groups is 1. The molecule has 134 valence electrons. The number of nitrogens with zero attached hydrogens (tertiary/aromatic N) is 2. The van der Waals surface area contributed by atoms with Gasteiger partial charge in [-0.15, -0.1) is 10.2 Å². The van der Waals surface area contributed by atoms with Crippen molar-refractivity contribution < 1.29 is 4.79 Å². The lowest BCUT2D eigenvalue weighted by Gasteiger charge is -2.13. The minimum atomic E-state index is -0.177. The Morgan fingerprint density at radius 2 is 1.85 bits per heavy atom. The van der Waals surface area contributed by atoms with Crippen molar-refractivity contribution in [3.63, 3.8) is 0 Å². The standard InChI is InChI=1S/C20H21N3OS2/c1-3-17(16-7-5-4-6-8-16)18(24)21-19-22-23-20(26-19)25-13-15-11-9-14(2)10-12-15/h4-12,17H,3,13H2,1-2H3,(H,21,22,24)/t17-/m0/s1. The Balaban J connectivity index is 1.59. The van der Waals surface area contributed by atoms with E-state index in [9.17, 15) is 4.79 Å².